The van der Waals surface area contributed by atoms with Gasteiger partial charge in [0.2, 0.25) is 5.88 Å². The van der Waals surface area contributed by atoms with Crippen LogP contribution in [0.3, 0.4) is 0 Å². The molecule has 0 fully saturated rings. The van der Waals surface area contributed by atoms with E-state index in [0.717, 1.165) is 12.1 Å². The maximum absolute atomic E-state index is 13.7. The lowest BCUT2D eigenvalue weighted by Gasteiger charge is -2.14. The molecule has 0 unspecified atom stereocenters. The SMILES string of the molecule is Cc1oc(-n2cccc2)c(C#N)c1C(=O)O[C@@H](C)C(=O)Nc1ccc(F)cc1F. The minimum absolute atomic E-state index is 0.0408. The number of nitriles is 1. The third-order valence-electron chi connectivity index (χ3n) is 4.06. The van der Waals surface area contributed by atoms with Crippen LogP contribution in [-0.4, -0.2) is 22.5 Å². The number of carbonyl (C=O) groups excluding carboxylic acids is 2. The topological polar surface area (TPSA) is 97.3 Å². The fourth-order valence-electron chi connectivity index (χ4n) is 2.63. The fraction of sp³-hybridized carbons (Fsp3) is 0.150. The Hall–Kier alpha value is -3.93. The van der Waals surface area contributed by atoms with Crippen molar-refractivity contribution in [1.29, 1.82) is 5.26 Å². The van der Waals surface area contributed by atoms with Gasteiger partial charge < -0.3 is 14.5 Å². The van der Waals surface area contributed by atoms with E-state index < -0.39 is 29.6 Å². The second kappa shape index (κ2) is 7.98. The summed E-state index contributed by atoms with van der Waals surface area (Å²) in [4.78, 5) is 24.8. The lowest BCUT2D eigenvalue weighted by Crippen LogP contribution is -2.30. The number of rotatable bonds is 5. The van der Waals surface area contributed by atoms with E-state index in [1.54, 1.807) is 24.5 Å². The molecule has 0 saturated carbocycles. The first-order valence-electron chi connectivity index (χ1n) is 8.45. The second-order valence-electron chi connectivity index (χ2n) is 6.08. The van der Waals surface area contributed by atoms with E-state index in [1.807, 2.05) is 6.07 Å². The number of hydrogen-bond donors (Lipinski definition) is 1. The van der Waals surface area contributed by atoms with Gasteiger partial charge in [0.25, 0.3) is 5.91 Å². The first-order chi connectivity index (χ1) is 13.8. The van der Waals surface area contributed by atoms with Crippen LogP contribution in [0.5, 0.6) is 0 Å². The molecule has 2 aromatic heterocycles. The molecule has 3 aromatic rings. The van der Waals surface area contributed by atoms with E-state index in [4.69, 9.17) is 9.15 Å². The van der Waals surface area contributed by atoms with Crippen molar-refractivity contribution >= 4 is 17.6 Å². The third-order valence-corrected chi connectivity index (χ3v) is 4.06. The number of esters is 1. The molecule has 0 aliphatic heterocycles. The van der Waals surface area contributed by atoms with Gasteiger partial charge in [0.05, 0.1) is 5.69 Å². The number of hydrogen-bond acceptors (Lipinski definition) is 5. The van der Waals surface area contributed by atoms with Crippen LogP contribution >= 0.6 is 0 Å². The summed E-state index contributed by atoms with van der Waals surface area (Å²) in [5.74, 6) is -3.24. The Balaban J connectivity index is 1.78. The van der Waals surface area contributed by atoms with Gasteiger partial charge in [-0.05, 0) is 38.1 Å². The first kappa shape index (κ1) is 19.8. The zero-order chi connectivity index (χ0) is 21.1. The molecule has 2 heterocycles. The Kier molecular flexibility index (Phi) is 5.45. The van der Waals surface area contributed by atoms with Crippen LogP contribution in [0.4, 0.5) is 14.5 Å². The molecule has 1 amide bonds. The lowest BCUT2D eigenvalue weighted by molar-refractivity contribution is -0.123. The lowest BCUT2D eigenvalue weighted by atomic mass is 10.1. The number of ether oxygens (including phenoxy) is 1. The van der Waals surface area contributed by atoms with E-state index in [-0.39, 0.29) is 28.5 Å². The minimum atomic E-state index is -1.32. The highest BCUT2D eigenvalue weighted by Gasteiger charge is 2.28. The smallest absolute Gasteiger partial charge is 0.343 e. The Bertz CT molecular complexity index is 1110. The summed E-state index contributed by atoms with van der Waals surface area (Å²) in [5.41, 5.74) is -0.406. The fourth-order valence-corrected chi connectivity index (χ4v) is 2.63. The summed E-state index contributed by atoms with van der Waals surface area (Å²) in [6.45, 7) is 2.77. The van der Waals surface area contributed by atoms with Crippen LogP contribution in [0.1, 0.15) is 28.6 Å². The van der Waals surface area contributed by atoms with Crippen LogP contribution in [-0.2, 0) is 9.53 Å². The van der Waals surface area contributed by atoms with Gasteiger partial charge in [0.15, 0.2) is 6.10 Å². The number of amides is 1. The normalized spacial score (nSPS) is 11.6. The Morgan fingerprint density at radius 2 is 1.97 bits per heavy atom. The molecule has 1 aromatic carbocycles. The van der Waals surface area contributed by atoms with Gasteiger partial charge >= 0.3 is 5.97 Å². The van der Waals surface area contributed by atoms with E-state index in [0.29, 0.717) is 6.07 Å². The molecule has 9 heteroatoms. The highest BCUT2D eigenvalue weighted by atomic mass is 19.1. The van der Waals surface area contributed by atoms with Crippen molar-refractivity contribution < 1.29 is 27.5 Å². The summed E-state index contributed by atoms with van der Waals surface area (Å²) >= 11 is 0. The molecule has 3 rings (SSSR count). The number of nitrogens with zero attached hydrogens (tertiary/aromatic N) is 2. The highest BCUT2D eigenvalue weighted by Crippen LogP contribution is 2.26. The molecule has 0 radical (unpaired) electrons. The number of aryl methyl sites for hydroxylation is 1. The number of carbonyl (C=O) groups is 2. The average molecular weight is 399 g/mol. The zero-order valence-corrected chi connectivity index (χ0v) is 15.4. The second-order valence-corrected chi connectivity index (χ2v) is 6.08. The van der Waals surface area contributed by atoms with Gasteiger partial charge in [0, 0.05) is 18.5 Å². The first-order valence-corrected chi connectivity index (χ1v) is 8.45. The summed E-state index contributed by atoms with van der Waals surface area (Å²) in [6.07, 6.45) is 1.96. The predicted octanol–water partition coefficient (Wildman–Crippen LogP) is 3.71. The van der Waals surface area contributed by atoms with Crippen LogP contribution in [0, 0.1) is 29.9 Å². The highest BCUT2D eigenvalue weighted by molar-refractivity contribution is 5.99. The summed E-state index contributed by atoms with van der Waals surface area (Å²) < 4.78 is 38.8. The van der Waals surface area contributed by atoms with Crippen LogP contribution in [0.2, 0.25) is 0 Å². The van der Waals surface area contributed by atoms with Gasteiger partial charge in [-0.3, -0.25) is 9.36 Å². The molecule has 0 spiro atoms. The molecular weight excluding hydrogens is 384 g/mol. The Morgan fingerprint density at radius 3 is 2.59 bits per heavy atom. The van der Waals surface area contributed by atoms with Crippen molar-refractivity contribution in [1.82, 2.24) is 4.57 Å². The van der Waals surface area contributed by atoms with Crippen molar-refractivity contribution in [3.05, 3.63) is 71.2 Å². The number of nitrogens with one attached hydrogen (secondary N) is 1. The van der Waals surface area contributed by atoms with E-state index in [9.17, 15) is 23.6 Å². The number of benzene rings is 1. The van der Waals surface area contributed by atoms with Crippen molar-refractivity contribution in [3.8, 4) is 12.0 Å². The molecule has 1 atom stereocenters. The average Bonchev–Trinajstić information content (AvgIpc) is 3.30. The van der Waals surface area contributed by atoms with Gasteiger partial charge in [-0.25, -0.2) is 13.6 Å². The third kappa shape index (κ3) is 4.01. The Morgan fingerprint density at radius 1 is 1.28 bits per heavy atom. The largest absolute Gasteiger partial charge is 0.449 e. The number of aromatic nitrogens is 1. The van der Waals surface area contributed by atoms with Crippen molar-refractivity contribution in [2.75, 3.05) is 5.32 Å². The molecule has 0 bridgehead atoms. The molecular formula is C20H15F2N3O4. The van der Waals surface area contributed by atoms with Crippen LogP contribution in [0.25, 0.3) is 5.88 Å². The molecule has 0 saturated heterocycles. The Labute approximate surface area is 164 Å². The van der Waals surface area contributed by atoms with Crippen LogP contribution in [0.15, 0.2) is 47.1 Å². The van der Waals surface area contributed by atoms with Gasteiger partial charge in [-0.1, -0.05) is 0 Å². The minimum Gasteiger partial charge on any atom is -0.449 e. The molecule has 7 nitrogen and oxygen atoms in total. The maximum atomic E-state index is 13.7. The monoisotopic (exact) mass is 399 g/mol. The number of halogens is 2. The molecule has 0 aliphatic carbocycles. The van der Waals surface area contributed by atoms with Crippen molar-refractivity contribution in [2.24, 2.45) is 0 Å². The molecule has 1 N–H and O–H groups in total. The number of anilines is 1. The van der Waals surface area contributed by atoms with E-state index >= 15 is 0 Å². The zero-order valence-electron chi connectivity index (χ0n) is 15.4. The summed E-state index contributed by atoms with van der Waals surface area (Å²) in [6, 6.07) is 7.99. The standard InChI is InChI=1S/C20H15F2N3O4/c1-11-17(14(10-23)19(28-11)25-7-3-4-8-25)20(27)29-12(2)18(26)24-16-6-5-13(21)9-15(16)22/h3-9,12H,1-2H3,(H,24,26)/t12-/m0/s1. The molecule has 148 valence electrons. The quantitative estimate of drug-likeness (QED) is 0.660. The molecule has 0 aliphatic rings. The number of furan rings is 1. The van der Waals surface area contributed by atoms with Gasteiger partial charge in [-0.15, -0.1) is 0 Å². The van der Waals surface area contributed by atoms with Gasteiger partial charge in [0.1, 0.15) is 34.6 Å². The van der Waals surface area contributed by atoms with Crippen LogP contribution < -0.4 is 5.32 Å². The maximum Gasteiger partial charge on any atom is 0.343 e. The summed E-state index contributed by atoms with van der Waals surface area (Å²) in [5, 5.41) is 11.7. The van der Waals surface area contributed by atoms with E-state index in [2.05, 4.69) is 5.32 Å². The van der Waals surface area contributed by atoms with Gasteiger partial charge in [-0.2, -0.15) is 5.26 Å². The van der Waals surface area contributed by atoms with Crippen molar-refractivity contribution in [3.63, 3.8) is 0 Å². The van der Waals surface area contributed by atoms with Crippen molar-refractivity contribution in [2.45, 2.75) is 20.0 Å². The predicted molar refractivity (Wildman–Crippen MR) is 97.4 cm³/mol. The van der Waals surface area contributed by atoms with E-state index in [1.165, 1.54) is 18.4 Å². The molecule has 29 heavy (non-hydrogen) atoms. The summed E-state index contributed by atoms with van der Waals surface area (Å²) in [7, 11) is 0.